The Hall–Kier alpha value is -2.97. The van der Waals surface area contributed by atoms with Crippen LogP contribution in [0.15, 0.2) is 59.8 Å². The normalized spacial score (nSPS) is 24.1. The molecule has 4 rings (SSSR count). The number of hydrogen-bond acceptors (Lipinski definition) is 10. The molecule has 1 unspecified atom stereocenters. The zero-order valence-electron chi connectivity index (χ0n) is 19.3. The van der Waals surface area contributed by atoms with Crippen LogP contribution in [-0.4, -0.2) is 81.7 Å². The summed E-state index contributed by atoms with van der Waals surface area (Å²) in [6.45, 7) is -0.189. The van der Waals surface area contributed by atoms with Crippen LogP contribution in [0.1, 0.15) is 5.69 Å². The molecule has 0 saturated carbocycles. The first-order valence-electron chi connectivity index (χ1n) is 10.9. The van der Waals surface area contributed by atoms with Gasteiger partial charge in [-0.25, -0.2) is 13.2 Å². The van der Waals surface area contributed by atoms with Crippen LogP contribution in [0.5, 0.6) is 0 Å². The summed E-state index contributed by atoms with van der Waals surface area (Å²) in [5.41, 5.74) is 2.93. The quantitative estimate of drug-likeness (QED) is 0.333. The van der Waals surface area contributed by atoms with Crippen LogP contribution in [0, 0.1) is 0 Å². The number of sulfone groups is 1. The molecule has 1 saturated heterocycles. The van der Waals surface area contributed by atoms with Gasteiger partial charge in [0.15, 0.2) is 22.2 Å². The van der Waals surface area contributed by atoms with E-state index in [2.05, 4.69) is 9.97 Å². The molecule has 13 heteroatoms. The Morgan fingerprint density at radius 3 is 2.27 bits per heavy atom. The molecule has 196 valence electrons. The molecule has 1 aliphatic heterocycles. The standard InChI is InChI=1S/C24H23ClN2O9S/c1-37(33,34)16-6-3-12(4-7-16)17-8-14(25)10-27-18(17)13-2-5-15(26-9-13)11-35-24-21(30)19(28)20(29)22(36-24)23(31)32/h2-10,19-22,24,28-30H,11H2,1H3,(H,31,32)/t19-,20-,21+,22-,24?/m0/s1. The summed E-state index contributed by atoms with van der Waals surface area (Å²) in [4.78, 5) is 20.1. The number of rotatable bonds is 7. The highest BCUT2D eigenvalue weighted by Gasteiger charge is 2.47. The van der Waals surface area contributed by atoms with E-state index >= 15 is 0 Å². The van der Waals surface area contributed by atoms with E-state index in [4.69, 9.17) is 26.2 Å². The summed E-state index contributed by atoms with van der Waals surface area (Å²) in [6.07, 6.45) is -4.38. The van der Waals surface area contributed by atoms with Gasteiger partial charge in [-0.3, -0.25) is 9.97 Å². The molecule has 0 aliphatic carbocycles. The van der Waals surface area contributed by atoms with Gasteiger partial charge in [-0.1, -0.05) is 23.7 Å². The third-order valence-electron chi connectivity index (χ3n) is 5.75. The highest BCUT2D eigenvalue weighted by Crippen LogP contribution is 2.33. The van der Waals surface area contributed by atoms with Gasteiger partial charge in [0.2, 0.25) is 0 Å². The zero-order valence-corrected chi connectivity index (χ0v) is 20.9. The third kappa shape index (κ3) is 5.96. The number of carbonyl (C=O) groups is 1. The molecule has 5 atom stereocenters. The lowest BCUT2D eigenvalue weighted by atomic mass is 9.99. The number of carboxylic acids is 1. The molecule has 11 nitrogen and oxygen atoms in total. The Bertz CT molecular complexity index is 1380. The monoisotopic (exact) mass is 550 g/mol. The fourth-order valence-electron chi connectivity index (χ4n) is 3.78. The average Bonchev–Trinajstić information content (AvgIpc) is 2.86. The molecule has 3 heterocycles. The molecule has 1 aliphatic rings. The lowest BCUT2D eigenvalue weighted by Gasteiger charge is -2.38. The molecule has 2 aromatic heterocycles. The smallest absolute Gasteiger partial charge is 0.335 e. The van der Waals surface area contributed by atoms with Crippen LogP contribution in [0.2, 0.25) is 5.02 Å². The van der Waals surface area contributed by atoms with Crippen molar-refractivity contribution in [1.82, 2.24) is 9.97 Å². The number of hydrogen-bond donors (Lipinski definition) is 4. The fraction of sp³-hybridized carbons (Fsp3) is 0.292. The number of carboxylic acid groups (broad SMARTS) is 1. The van der Waals surface area contributed by atoms with Crippen LogP contribution in [0.4, 0.5) is 0 Å². The number of halogens is 1. The van der Waals surface area contributed by atoms with Crippen molar-refractivity contribution in [3.05, 3.63) is 65.6 Å². The van der Waals surface area contributed by atoms with Gasteiger partial charge in [-0.2, -0.15) is 0 Å². The summed E-state index contributed by atoms with van der Waals surface area (Å²) < 4.78 is 34.1. The largest absolute Gasteiger partial charge is 0.479 e. The molecule has 0 spiro atoms. The zero-order chi connectivity index (χ0) is 26.9. The van der Waals surface area contributed by atoms with Crippen molar-refractivity contribution >= 4 is 27.4 Å². The molecular formula is C24H23ClN2O9S. The predicted molar refractivity (Wildman–Crippen MR) is 130 cm³/mol. The van der Waals surface area contributed by atoms with Gasteiger partial charge < -0.3 is 29.9 Å². The van der Waals surface area contributed by atoms with Crippen molar-refractivity contribution in [3.63, 3.8) is 0 Å². The second kappa shape index (κ2) is 10.8. The van der Waals surface area contributed by atoms with Gasteiger partial charge in [-0.05, 0) is 35.9 Å². The molecule has 4 N–H and O–H groups in total. The minimum atomic E-state index is -3.35. The van der Waals surface area contributed by atoms with Crippen LogP contribution < -0.4 is 0 Å². The molecule has 3 aromatic rings. The number of ether oxygens (including phenoxy) is 2. The van der Waals surface area contributed by atoms with Crippen LogP contribution >= 0.6 is 11.6 Å². The molecule has 37 heavy (non-hydrogen) atoms. The number of benzene rings is 1. The van der Waals surface area contributed by atoms with E-state index in [0.29, 0.717) is 33.1 Å². The summed E-state index contributed by atoms with van der Waals surface area (Å²) in [5, 5.41) is 39.3. The lowest BCUT2D eigenvalue weighted by Crippen LogP contribution is -2.60. The number of aliphatic carboxylic acids is 1. The van der Waals surface area contributed by atoms with Crippen molar-refractivity contribution < 1.29 is 43.1 Å². The predicted octanol–water partition coefficient (Wildman–Crippen LogP) is 1.28. The first-order chi connectivity index (χ1) is 17.5. The molecule has 1 aromatic carbocycles. The van der Waals surface area contributed by atoms with Crippen molar-refractivity contribution in [2.75, 3.05) is 6.26 Å². The topological polar surface area (TPSA) is 176 Å². The summed E-state index contributed by atoms with van der Waals surface area (Å²) in [7, 11) is -3.35. The number of aliphatic hydroxyl groups excluding tert-OH is 3. The second-order valence-corrected chi connectivity index (χ2v) is 10.9. The second-order valence-electron chi connectivity index (χ2n) is 8.43. The van der Waals surface area contributed by atoms with E-state index in [9.17, 15) is 28.5 Å². The maximum Gasteiger partial charge on any atom is 0.335 e. The number of aromatic nitrogens is 2. The molecule has 0 amide bonds. The summed E-state index contributed by atoms with van der Waals surface area (Å²) in [6, 6.07) is 11.4. The number of nitrogens with zero attached hydrogens (tertiary/aromatic N) is 2. The van der Waals surface area contributed by atoms with Gasteiger partial charge >= 0.3 is 5.97 Å². The Balaban J connectivity index is 1.52. The minimum Gasteiger partial charge on any atom is -0.479 e. The Labute approximate surface area is 216 Å². The number of aliphatic hydroxyl groups is 3. The van der Waals surface area contributed by atoms with Gasteiger partial charge in [0.25, 0.3) is 0 Å². The highest BCUT2D eigenvalue weighted by molar-refractivity contribution is 7.90. The summed E-state index contributed by atoms with van der Waals surface area (Å²) in [5.74, 6) is -1.51. The van der Waals surface area contributed by atoms with E-state index in [1.165, 1.54) is 24.5 Å². The van der Waals surface area contributed by atoms with Crippen molar-refractivity contribution in [3.8, 4) is 22.4 Å². The average molecular weight is 551 g/mol. The SMILES string of the molecule is CS(=O)(=O)c1ccc(-c2cc(Cl)cnc2-c2ccc(COC3O[C@H](C(=O)O)[C@@H](O)[C@H](O)[C@H]3O)nc2)cc1. The third-order valence-corrected chi connectivity index (χ3v) is 7.09. The fourth-order valence-corrected chi connectivity index (χ4v) is 4.57. The van der Waals surface area contributed by atoms with Crippen molar-refractivity contribution in [2.24, 2.45) is 0 Å². The molecule has 0 radical (unpaired) electrons. The molecule has 1 fully saturated rings. The van der Waals surface area contributed by atoms with E-state index in [-0.39, 0.29) is 11.5 Å². The van der Waals surface area contributed by atoms with Gasteiger partial charge in [0.1, 0.15) is 18.3 Å². The van der Waals surface area contributed by atoms with E-state index < -0.39 is 46.5 Å². The highest BCUT2D eigenvalue weighted by atomic mass is 35.5. The molecule has 0 bridgehead atoms. The maximum atomic E-state index is 11.8. The summed E-state index contributed by atoms with van der Waals surface area (Å²) >= 11 is 6.17. The van der Waals surface area contributed by atoms with Crippen LogP contribution in [0.25, 0.3) is 22.4 Å². The molecular weight excluding hydrogens is 528 g/mol. The van der Waals surface area contributed by atoms with Gasteiger partial charge in [0, 0.05) is 29.8 Å². The van der Waals surface area contributed by atoms with Crippen molar-refractivity contribution in [1.29, 1.82) is 0 Å². The van der Waals surface area contributed by atoms with E-state index in [0.717, 1.165) is 6.26 Å². The van der Waals surface area contributed by atoms with E-state index in [1.807, 2.05) is 0 Å². The minimum absolute atomic E-state index is 0.183. The Morgan fingerprint density at radius 2 is 1.68 bits per heavy atom. The van der Waals surface area contributed by atoms with Gasteiger partial charge in [0.05, 0.1) is 27.9 Å². The van der Waals surface area contributed by atoms with Crippen molar-refractivity contribution in [2.45, 2.75) is 42.2 Å². The first kappa shape index (κ1) is 27.1. The number of pyridine rings is 2. The van der Waals surface area contributed by atoms with Crippen LogP contribution in [0.3, 0.4) is 0 Å². The van der Waals surface area contributed by atoms with Gasteiger partial charge in [-0.15, -0.1) is 0 Å². The maximum absolute atomic E-state index is 11.8. The first-order valence-corrected chi connectivity index (χ1v) is 13.2. The Morgan fingerprint density at radius 1 is 1.00 bits per heavy atom. The Kier molecular flexibility index (Phi) is 7.90. The van der Waals surface area contributed by atoms with Crippen LogP contribution in [-0.2, 0) is 30.7 Å². The lowest BCUT2D eigenvalue weighted by molar-refractivity contribution is -0.297. The van der Waals surface area contributed by atoms with E-state index in [1.54, 1.807) is 30.3 Å².